The molecule has 2 nitrogen and oxygen atoms in total. The van der Waals surface area contributed by atoms with Gasteiger partial charge in [0.2, 0.25) is 0 Å². The van der Waals surface area contributed by atoms with Gasteiger partial charge in [0.1, 0.15) is 0 Å². The van der Waals surface area contributed by atoms with Crippen molar-refractivity contribution in [3.8, 4) is 11.1 Å². The molecule has 0 aliphatic carbocycles. The zero-order chi connectivity index (χ0) is 12.3. The van der Waals surface area contributed by atoms with E-state index in [1.165, 1.54) is 5.56 Å². The zero-order valence-corrected chi connectivity index (χ0v) is 10.4. The van der Waals surface area contributed by atoms with Crippen molar-refractivity contribution in [3.63, 3.8) is 0 Å². The van der Waals surface area contributed by atoms with Crippen LogP contribution in [-0.4, -0.2) is 11.1 Å². The lowest BCUT2D eigenvalue weighted by Crippen LogP contribution is -1.94. The standard InChI is InChI=1S/C14H13O2P/c15-14(16)13-7-5-12(6-8-13)11-3-1-10(9-17)2-4-11/h1-8H,9,17H2,(H,15,16). The summed E-state index contributed by atoms with van der Waals surface area (Å²) in [5.74, 6) is -0.894. The fraction of sp³-hybridized carbons (Fsp3) is 0.0714. The number of hydrogen-bond donors (Lipinski definition) is 1. The van der Waals surface area contributed by atoms with Gasteiger partial charge in [-0.15, -0.1) is 9.24 Å². The van der Waals surface area contributed by atoms with Crippen molar-refractivity contribution in [2.75, 3.05) is 0 Å². The largest absolute Gasteiger partial charge is 0.478 e. The number of carbonyl (C=O) groups is 1. The van der Waals surface area contributed by atoms with Gasteiger partial charge in [-0.05, 0) is 35.0 Å². The summed E-state index contributed by atoms with van der Waals surface area (Å²) in [6.07, 6.45) is 0.943. The first-order chi connectivity index (χ1) is 8.20. The molecule has 2 aromatic carbocycles. The van der Waals surface area contributed by atoms with Crippen molar-refractivity contribution in [1.29, 1.82) is 0 Å². The Morgan fingerprint density at radius 3 is 1.82 bits per heavy atom. The van der Waals surface area contributed by atoms with Crippen LogP contribution in [0.1, 0.15) is 15.9 Å². The van der Waals surface area contributed by atoms with Gasteiger partial charge in [-0.25, -0.2) is 4.79 Å². The van der Waals surface area contributed by atoms with E-state index in [1.807, 2.05) is 12.1 Å². The van der Waals surface area contributed by atoms with Crippen LogP contribution in [0.4, 0.5) is 0 Å². The molecule has 0 saturated carbocycles. The number of rotatable bonds is 3. The van der Waals surface area contributed by atoms with Crippen LogP contribution < -0.4 is 0 Å². The van der Waals surface area contributed by atoms with Crippen LogP contribution in [0.2, 0.25) is 0 Å². The highest BCUT2D eigenvalue weighted by atomic mass is 31.0. The van der Waals surface area contributed by atoms with Gasteiger partial charge in [0.05, 0.1) is 5.56 Å². The van der Waals surface area contributed by atoms with Crippen molar-refractivity contribution in [3.05, 3.63) is 59.7 Å². The van der Waals surface area contributed by atoms with Crippen molar-refractivity contribution >= 4 is 15.2 Å². The van der Waals surface area contributed by atoms with Crippen LogP contribution >= 0.6 is 9.24 Å². The normalized spacial score (nSPS) is 10.2. The predicted octanol–water partition coefficient (Wildman–Crippen LogP) is 3.43. The average Bonchev–Trinajstić information content (AvgIpc) is 2.39. The van der Waals surface area contributed by atoms with Crippen LogP contribution in [0.25, 0.3) is 11.1 Å². The highest BCUT2D eigenvalue weighted by Gasteiger charge is 2.02. The van der Waals surface area contributed by atoms with Crippen molar-refractivity contribution in [2.45, 2.75) is 6.16 Å². The summed E-state index contributed by atoms with van der Waals surface area (Å²) in [5, 5.41) is 8.81. The van der Waals surface area contributed by atoms with Gasteiger partial charge in [-0.2, -0.15) is 0 Å². The van der Waals surface area contributed by atoms with E-state index >= 15 is 0 Å². The summed E-state index contributed by atoms with van der Waals surface area (Å²) in [5.41, 5.74) is 3.71. The molecule has 17 heavy (non-hydrogen) atoms. The topological polar surface area (TPSA) is 37.3 Å². The molecule has 0 heterocycles. The minimum absolute atomic E-state index is 0.315. The molecule has 0 radical (unpaired) electrons. The Hall–Kier alpha value is -1.66. The van der Waals surface area contributed by atoms with E-state index in [4.69, 9.17) is 5.11 Å². The summed E-state index contributed by atoms with van der Waals surface area (Å²) in [6.45, 7) is 0. The van der Waals surface area contributed by atoms with E-state index in [-0.39, 0.29) is 0 Å². The second kappa shape index (κ2) is 5.11. The molecular weight excluding hydrogens is 231 g/mol. The monoisotopic (exact) mass is 244 g/mol. The molecule has 86 valence electrons. The smallest absolute Gasteiger partial charge is 0.335 e. The van der Waals surface area contributed by atoms with E-state index in [0.717, 1.165) is 17.3 Å². The van der Waals surface area contributed by atoms with Crippen molar-refractivity contribution < 1.29 is 9.90 Å². The summed E-state index contributed by atoms with van der Waals surface area (Å²) in [4.78, 5) is 10.7. The SMILES string of the molecule is O=C(O)c1ccc(-c2ccc(CP)cc2)cc1. The molecule has 1 atom stereocenters. The molecule has 1 unspecified atom stereocenters. The summed E-state index contributed by atoms with van der Waals surface area (Å²) in [7, 11) is 2.69. The Morgan fingerprint density at radius 2 is 1.41 bits per heavy atom. The summed E-state index contributed by atoms with van der Waals surface area (Å²) < 4.78 is 0. The molecule has 0 amide bonds. The average molecular weight is 244 g/mol. The van der Waals surface area contributed by atoms with Gasteiger partial charge in [-0.3, -0.25) is 0 Å². The second-order valence-electron chi connectivity index (χ2n) is 3.78. The zero-order valence-electron chi connectivity index (χ0n) is 9.26. The Balaban J connectivity index is 2.29. The third-order valence-electron chi connectivity index (χ3n) is 2.65. The highest BCUT2D eigenvalue weighted by Crippen LogP contribution is 2.21. The quantitative estimate of drug-likeness (QED) is 0.840. The molecule has 0 bridgehead atoms. The Morgan fingerprint density at radius 1 is 0.941 bits per heavy atom. The molecule has 0 fully saturated rings. The number of aromatic carboxylic acids is 1. The first-order valence-electron chi connectivity index (χ1n) is 5.33. The second-order valence-corrected chi connectivity index (χ2v) is 4.19. The number of carboxylic acids is 1. The molecule has 2 rings (SSSR count). The number of benzene rings is 2. The van der Waals surface area contributed by atoms with Gasteiger partial charge in [0, 0.05) is 0 Å². The van der Waals surface area contributed by atoms with E-state index in [1.54, 1.807) is 12.1 Å². The molecule has 3 heteroatoms. The van der Waals surface area contributed by atoms with Gasteiger partial charge >= 0.3 is 5.97 Å². The van der Waals surface area contributed by atoms with Gasteiger partial charge in [0.15, 0.2) is 0 Å². The lowest BCUT2D eigenvalue weighted by atomic mass is 10.0. The molecule has 2 aromatic rings. The molecule has 0 aliphatic rings. The Labute approximate surface area is 103 Å². The molecule has 1 N–H and O–H groups in total. The molecular formula is C14H13O2P. The highest BCUT2D eigenvalue weighted by molar-refractivity contribution is 7.15. The first-order valence-corrected chi connectivity index (χ1v) is 6.15. The van der Waals surface area contributed by atoms with E-state index in [9.17, 15) is 4.79 Å². The van der Waals surface area contributed by atoms with Crippen molar-refractivity contribution in [1.82, 2.24) is 0 Å². The van der Waals surface area contributed by atoms with Crippen LogP contribution in [0.5, 0.6) is 0 Å². The maximum atomic E-state index is 10.7. The third-order valence-corrected chi connectivity index (χ3v) is 3.13. The van der Waals surface area contributed by atoms with E-state index in [0.29, 0.717) is 5.56 Å². The van der Waals surface area contributed by atoms with Crippen LogP contribution in [-0.2, 0) is 6.16 Å². The van der Waals surface area contributed by atoms with Crippen LogP contribution in [0.15, 0.2) is 48.5 Å². The number of carboxylic acid groups (broad SMARTS) is 1. The number of hydrogen-bond acceptors (Lipinski definition) is 1. The van der Waals surface area contributed by atoms with E-state index in [2.05, 4.69) is 33.5 Å². The maximum Gasteiger partial charge on any atom is 0.335 e. The van der Waals surface area contributed by atoms with E-state index < -0.39 is 5.97 Å². The van der Waals surface area contributed by atoms with Gasteiger partial charge < -0.3 is 5.11 Å². The van der Waals surface area contributed by atoms with Crippen LogP contribution in [0, 0.1) is 0 Å². The first kappa shape index (κ1) is 11.8. The summed E-state index contributed by atoms with van der Waals surface area (Å²) in [6, 6.07) is 15.2. The summed E-state index contributed by atoms with van der Waals surface area (Å²) >= 11 is 0. The third kappa shape index (κ3) is 2.72. The van der Waals surface area contributed by atoms with Crippen LogP contribution in [0.3, 0.4) is 0 Å². The molecule has 0 spiro atoms. The lowest BCUT2D eigenvalue weighted by molar-refractivity contribution is 0.0697. The van der Waals surface area contributed by atoms with Gasteiger partial charge in [0.25, 0.3) is 0 Å². The van der Waals surface area contributed by atoms with Gasteiger partial charge in [-0.1, -0.05) is 36.4 Å². The Bertz CT molecular complexity index is 515. The molecule has 0 saturated heterocycles. The maximum absolute atomic E-state index is 10.7. The molecule has 0 aromatic heterocycles. The lowest BCUT2D eigenvalue weighted by Gasteiger charge is -2.03. The minimum Gasteiger partial charge on any atom is -0.478 e. The fourth-order valence-electron chi connectivity index (χ4n) is 1.64. The predicted molar refractivity (Wildman–Crippen MR) is 72.3 cm³/mol. The van der Waals surface area contributed by atoms with Crippen molar-refractivity contribution in [2.24, 2.45) is 0 Å². The molecule has 0 aliphatic heterocycles. The Kier molecular flexibility index (Phi) is 3.55. The fourth-order valence-corrected chi connectivity index (χ4v) is 1.91. The minimum atomic E-state index is -0.894.